The van der Waals surface area contributed by atoms with Crippen LogP contribution in [0, 0.1) is 13.8 Å². The number of aromatic nitrogens is 1. The number of hydrogen-bond acceptors (Lipinski definition) is 5. The van der Waals surface area contributed by atoms with Crippen molar-refractivity contribution in [3.63, 3.8) is 0 Å². The third-order valence-electron chi connectivity index (χ3n) is 3.19. The molecule has 2 aromatic rings. The van der Waals surface area contributed by atoms with Crippen molar-refractivity contribution in [2.24, 2.45) is 0 Å². The molecular weight excluding hydrogens is 308 g/mol. The van der Waals surface area contributed by atoms with E-state index in [0.717, 1.165) is 14.9 Å². The van der Waals surface area contributed by atoms with Crippen molar-refractivity contribution < 1.29 is 13.2 Å². The maximum absolute atomic E-state index is 12.6. The number of benzene rings is 1. The maximum atomic E-state index is 12.6. The highest BCUT2D eigenvalue weighted by atomic mass is 32.2. The van der Waals surface area contributed by atoms with E-state index in [1.165, 1.54) is 37.4 Å². The van der Waals surface area contributed by atoms with Gasteiger partial charge in [-0.1, -0.05) is 12.1 Å². The summed E-state index contributed by atoms with van der Waals surface area (Å²) in [5, 5.41) is 0.415. The number of aryl methyl sites for hydroxylation is 2. The monoisotopic (exact) mass is 324 g/mol. The Balaban J connectivity index is 2.46. The molecule has 0 unspecified atom stereocenters. The Hall–Kier alpha value is -1.73. The van der Waals surface area contributed by atoms with Crippen molar-refractivity contribution in [3.05, 3.63) is 40.4 Å². The largest absolute Gasteiger partial charge is 0.295 e. The molecule has 0 aliphatic heterocycles. The van der Waals surface area contributed by atoms with Crippen molar-refractivity contribution >= 4 is 32.3 Å². The summed E-state index contributed by atoms with van der Waals surface area (Å²) in [6.07, 6.45) is 0. The molecule has 0 N–H and O–H groups in total. The summed E-state index contributed by atoms with van der Waals surface area (Å²) in [5.74, 6) is -0.171. The van der Waals surface area contributed by atoms with E-state index in [-0.39, 0.29) is 10.7 Å². The molecule has 0 aliphatic carbocycles. The van der Waals surface area contributed by atoms with Gasteiger partial charge in [0.2, 0.25) is 0 Å². The number of Topliss-reactive ketones (excluding diaryl/α,β-unsaturated/α-hetero) is 1. The molecule has 0 amide bonds. The summed E-state index contributed by atoms with van der Waals surface area (Å²) in [5.41, 5.74) is 1.19. The van der Waals surface area contributed by atoms with Gasteiger partial charge in [-0.2, -0.15) is 0 Å². The number of carbonyl (C=O) groups excluding carboxylic acids is 1. The lowest BCUT2D eigenvalue weighted by Crippen LogP contribution is -2.26. The average molecular weight is 324 g/mol. The van der Waals surface area contributed by atoms with Gasteiger partial charge >= 0.3 is 0 Å². The van der Waals surface area contributed by atoms with Gasteiger partial charge in [-0.15, -0.1) is 11.3 Å². The van der Waals surface area contributed by atoms with Crippen molar-refractivity contribution in [1.82, 2.24) is 4.98 Å². The van der Waals surface area contributed by atoms with Crippen LogP contribution in [0.25, 0.3) is 0 Å². The topological polar surface area (TPSA) is 67.3 Å². The molecule has 0 bridgehead atoms. The average Bonchev–Trinajstić information content (AvgIpc) is 2.77. The molecule has 21 heavy (non-hydrogen) atoms. The second-order valence-corrected chi connectivity index (χ2v) is 7.85. The first-order valence-corrected chi connectivity index (χ1v) is 8.53. The molecule has 0 radical (unpaired) electrons. The number of rotatable bonds is 4. The summed E-state index contributed by atoms with van der Waals surface area (Å²) in [6, 6.07) is 6.03. The zero-order valence-corrected chi connectivity index (χ0v) is 13.9. The van der Waals surface area contributed by atoms with E-state index in [4.69, 9.17) is 0 Å². The van der Waals surface area contributed by atoms with Gasteiger partial charge in [0.05, 0.1) is 10.6 Å². The lowest BCUT2D eigenvalue weighted by molar-refractivity contribution is 0.101. The highest BCUT2D eigenvalue weighted by Crippen LogP contribution is 2.28. The fraction of sp³-hybridized carbons (Fsp3) is 0.286. The summed E-state index contributed by atoms with van der Waals surface area (Å²) in [4.78, 5) is 16.7. The first-order valence-electron chi connectivity index (χ1n) is 6.27. The Morgan fingerprint density at radius 1 is 1.29 bits per heavy atom. The Bertz CT molecular complexity index is 775. The minimum absolute atomic E-state index is 0.0863. The molecule has 1 heterocycles. The Kier molecular flexibility index (Phi) is 4.15. The highest BCUT2D eigenvalue weighted by molar-refractivity contribution is 7.93. The summed E-state index contributed by atoms with van der Waals surface area (Å²) < 4.78 is 26.4. The zero-order valence-electron chi connectivity index (χ0n) is 12.2. The number of hydrogen-bond donors (Lipinski definition) is 0. The summed E-state index contributed by atoms with van der Waals surface area (Å²) in [7, 11) is -2.26. The third kappa shape index (κ3) is 2.98. The van der Waals surface area contributed by atoms with Crippen LogP contribution in [0.15, 0.2) is 29.2 Å². The molecule has 0 saturated carbocycles. The molecule has 2 rings (SSSR count). The number of sulfonamides is 1. The fourth-order valence-corrected chi connectivity index (χ4v) is 4.00. The van der Waals surface area contributed by atoms with Crippen molar-refractivity contribution in [1.29, 1.82) is 0 Å². The molecular formula is C14H16N2O3S2. The van der Waals surface area contributed by atoms with Crippen LogP contribution in [-0.4, -0.2) is 26.2 Å². The second-order valence-electron chi connectivity index (χ2n) is 4.69. The van der Waals surface area contributed by atoms with Crippen LogP contribution in [0.3, 0.4) is 0 Å². The molecule has 1 aromatic heterocycles. The molecule has 7 heteroatoms. The highest BCUT2D eigenvalue weighted by Gasteiger charge is 2.24. The standard InChI is InChI=1S/C14H16N2O3S2/c1-9-11(3)20-14(15-9)16(4)21(18,19)13-7-5-6-12(8-13)10(2)17/h5-8H,1-4H3. The van der Waals surface area contributed by atoms with Gasteiger partial charge in [0, 0.05) is 17.5 Å². The zero-order chi connectivity index (χ0) is 15.8. The SMILES string of the molecule is CC(=O)c1cccc(S(=O)(=O)N(C)c2nc(C)c(C)s2)c1. The lowest BCUT2D eigenvalue weighted by atomic mass is 10.2. The first-order chi connectivity index (χ1) is 9.73. The Labute approximate surface area is 128 Å². The van der Waals surface area contributed by atoms with Gasteiger partial charge in [-0.05, 0) is 32.9 Å². The van der Waals surface area contributed by atoms with Crippen LogP contribution < -0.4 is 4.31 Å². The fourth-order valence-electron chi connectivity index (χ4n) is 1.73. The van der Waals surface area contributed by atoms with Crippen LogP contribution in [0.1, 0.15) is 27.9 Å². The normalized spacial score (nSPS) is 11.4. The van der Waals surface area contributed by atoms with Crippen molar-refractivity contribution in [2.45, 2.75) is 25.7 Å². The molecule has 0 atom stereocenters. The predicted molar refractivity (Wildman–Crippen MR) is 83.6 cm³/mol. The third-order valence-corrected chi connectivity index (χ3v) is 6.19. The van der Waals surface area contributed by atoms with Crippen LogP contribution in [0.2, 0.25) is 0 Å². The summed E-state index contributed by atoms with van der Waals surface area (Å²) in [6.45, 7) is 5.14. The number of carbonyl (C=O) groups is 1. The quantitative estimate of drug-likeness (QED) is 0.811. The van der Waals surface area contributed by atoms with E-state index < -0.39 is 10.0 Å². The molecule has 0 spiro atoms. The van der Waals surface area contributed by atoms with E-state index in [9.17, 15) is 13.2 Å². The van der Waals surface area contributed by atoms with Gasteiger partial charge in [0.15, 0.2) is 10.9 Å². The van der Waals surface area contributed by atoms with Crippen LogP contribution >= 0.6 is 11.3 Å². The van der Waals surface area contributed by atoms with Crippen molar-refractivity contribution in [3.8, 4) is 0 Å². The molecule has 112 valence electrons. The van der Waals surface area contributed by atoms with E-state index in [2.05, 4.69) is 4.98 Å². The minimum Gasteiger partial charge on any atom is -0.295 e. The maximum Gasteiger partial charge on any atom is 0.265 e. The van der Waals surface area contributed by atoms with E-state index in [1.54, 1.807) is 12.1 Å². The molecule has 1 aromatic carbocycles. The van der Waals surface area contributed by atoms with Gasteiger partial charge in [-0.3, -0.25) is 4.79 Å². The lowest BCUT2D eigenvalue weighted by Gasteiger charge is -2.16. The molecule has 0 fully saturated rings. The number of ketones is 1. The Morgan fingerprint density at radius 3 is 2.48 bits per heavy atom. The van der Waals surface area contributed by atoms with E-state index >= 15 is 0 Å². The number of thiazole rings is 1. The van der Waals surface area contributed by atoms with Crippen LogP contribution in [0.5, 0.6) is 0 Å². The first kappa shape index (κ1) is 15.7. The minimum atomic E-state index is -3.72. The summed E-state index contributed by atoms with van der Waals surface area (Å²) >= 11 is 1.32. The molecule has 0 aliphatic rings. The van der Waals surface area contributed by atoms with Gasteiger partial charge in [-0.25, -0.2) is 17.7 Å². The number of nitrogens with zero attached hydrogens (tertiary/aromatic N) is 2. The second kappa shape index (κ2) is 5.57. The predicted octanol–water partition coefficient (Wildman–Crippen LogP) is 2.79. The van der Waals surface area contributed by atoms with Crippen LogP contribution in [-0.2, 0) is 10.0 Å². The Morgan fingerprint density at radius 2 is 1.95 bits per heavy atom. The van der Waals surface area contributed by atoms with Gasteiger partial charge < -0.3 is 0 Å². The van der Waals surface area contributed by atoms with E-state index in [1.807, 2.05) is 13.8 Å². The van der Waals surface area contributed by atoms with Crippen LogP contribution in [0.4, 0.5) is 5.13 Å². The van der Waals surface area contributed by atoms with Crippen molar-refractivity contribution in [2.75, 3.05) is 11.4 Å². The molecule has 0 saturated heterocycles. The molecule has 5 nitrogen and oxygen atoms in total. The number of anilines is 1. The van der Waals surface area contributed by atoms with Gasteiger partial charge in [0.25, 0.3) is 10.0 Å². The van der Waals surface area contributed by atoms with E-state index in [0.29, 0.717) is 10.7 Å². The smallest absolute Gasteiger partial charge is 0.265 e. The van der Waals surface area contributed by atoms with Gasteiger partial charge in [0.1, 0.15) is 0 Å².